The molecule has 0 aliphatic heterocycles. The van der Waals surface area contributed by atoms with Gasteiger partial charge in [-0.25, -0.2) is 6.57 Å². The van der Waals surface area contributed by atoms with Crippen molar-refractivity contribution >= 4 is 10.9 Å². The number of aromatic amines is 1. The third-order valence-corrected chi connectivity index (χ3v) is 1.93. The van der Waals surface area contributed by atoms with Crippen LogP contribution in [0.5, 0.6) is 0 Å². The fourth-order valence-electron chi connectivity index (χ4n) is 1.37. The molecule has 1 aromatic carbocycles. The van der Waals surface area contributed by atoms with E-state index in [0.29, 0.717) is 6.54 Å². The molecule has 1 N–H and O–H groups in total. The van der Waals surface area contributed by atoms with Gasteiger partial charge in [-0.1, -0.05) is 12.1 Å². The van der Waals surface area contributed by atoms with Crippen molar-refractivity contribution in [3.05, 3.63) is 47.4 Å². The molecule has 12 heavy (non-hydrogen) atoms. The van der Waals surface area contributed by atoms with Crippen molar-refractivity contribution in [2.45, 2.75) is 6.54 Å². The van der Waals surface area contributed by atoms with Gasteiger partial charge in [-0.05, 0) is 12.1 Å². The van der Waals surface area contributed by atoms with E-state index in [1.807, 2.05) is 30.5 Å². The smallest absolute Gasteiger partial charge is 0.240 e. The molecule has 0 saturated heterocycles. The maximum atomic E-state index is 6.78. The van der Waals surface area contributed by atoms with E-state index in [-0.39, 0.29) is 0 Å². The minimum atomic E-state index is 0.467. The molecule has 2 nitrogen and oxygen atoms in total. The first-order valence-electron chi connectivity index (χ1n) is 3.80. The van der Waals surface area contributed by atoms with Crippen LogP contribution < -0.4 is 0 Å². The van der Waals surface area contributed by atoms with Crippen molar-refractivity contribution in [3.8, 4) is 0 Å². The summed E-state index contributed by atoms with van der Waals surface area (Å²) in [4.78, 5) is 6.49. The molecule has 2 heteroatoms. The van der Waals surface area contributed by atoms with Crippen LogP contribution in [0.4, 0.5) is 0 Å². The van der Waals surface area contributed by atoms with Gasteiger partial charge < -0.3 is 9.83 Å². The Bertz CT molecular complexity index is 434. The first-order valence-corrected chi connectivity index (χ1v) is 3.80. The largest absolute Gasteiger partial charge is 0.361 e. The average Bonchev–Trinajstić information content (AvgIpc) is 2.53. The zero-order valence-corrected chi connectivity index (χ0v) is 6.54. The van der Waals surface area contributed by atoms with E-state index in [4.69, 9.17) is 6.57 Å². The molecule has 1 heterocycles. The average molecular weight is 156 g/mol. The fraction of sp³-hybridized carbons (Fsp3) is 0.100. The Balaban J connectivity index is 2.67. The standard InChI is InChI=1S/C10H8N2/c1-11-7-8-3-2-4-10-9(8)5-6-12-10/h2-6,12H,7H2. The third-order valence-electron chi connectivity index (χ3n) is 1.93. The number of rotatable bonds is 1. The van der Waals surface area contributed by atoms with Crippen LogP contribution in [-0.2, 0) is 6.54 Å². The van der Waals surface area contributed by atoms with Gasteiger partial charge in [0.25, 0.3) is 0 Å². The summed E-state index contributed by atoms with van der Waals surface area (Å²) in [6, 6.07) is 7.99. The maximum Gasteiger partial charge on any atom is 0.240 e. The quantitative estimate of drug-likeness (QED) is 0.612. The summed E-state index contributed by atoms with van der Waals surface area (Å²) >= 11 is 0. The van der Waals surface area contributed by atoms with E-state index in [2.05, 4.69) is 9.83 Å². The zero-order chi connectivity index (χ0) is 8.39. The van der Waals surface area contributed by atoms with E-state index in [9.17, 15) is 0 Å². The van der Waals surface area contributed by atoms with E-state index in [0.717, 1.165) is 16.5 Å². The molecule has 0 saturated carbocycles. The molecule has 0 unspecified atom stereocenters. The van der Waals surface area contributed by atoms with Gasteiger partial charge >= 0.3 is 0 Å². The molecule has 0 bridgehead atoms. The summed E-state index contributed by atoms with van der Waals surface area (Å²) in [5.41, 5.74) is 2.21. The van der Waals surface area contributed by atoms with Crippen LogP contribution in [0.2, 0.25) is 0 Å². The van der Waals surface area contributed by atoms with Gasteiger partial charge in [0.2, 0.25) is 6.54 Å². The van der Waals surface area contributed by atoms with Gasteiger partial charge in [-0.2, -0.15) is 0 Å². The molecule has 0 aliphatic rings. The molecule has 0 amide bonds. The van der Waals surface area contributed by atoms with Crippen molar-refractivity contribution in [3.63, 3.8) is 0 Å². The molecule has 0 radical (unpaired) electrons. The number of nitrogens with zero attached hydrogens (tertiary/aromatic N) is 1. The normalized spacial score (nSPS) is 9.92. The lowest BCUT2D eigenvalue weighted by atomic mass is 10.1. The van der Waals surface area contributed by atoms with E-state index in [1.165, 1.54) is 0 Å². The highest BCUT2D eigenvalue weighted by atomic mass is 14.7. The van der Waals surface area contributed by atoms with Crippen LogP contribution in [0.1, 0.15) is 5.56 Å². The minimum Gasteiger partial charge on any atom is -0.361 e. The van der Waals surface area contributed by atoms with Crippen LogP contribution in [-0.4, -0.2) is 4.98 Å². The molecule has 0 aliphatic carbocycles. The van der Waals surface area contributed by atoms with Crippen LogP contribution in [0.15, 0.2) is 30.5 Å². The van der Waals surface area contributed by atoms with Crippen LogP contribution >= 0.6 is 0 Å². The number of hydrogen-bond acceptors (Lipinski definition) is 0. The van der Waals surface area contributed by atoms with Crippen molar-refractivity contribution in [1.82, 2.24) is 4.98 Å². The Morgan fingerprint density at radius 3 is 3.08 bits per heavy atom. The second-order valence-corrected chi connectivity index (χ2v) is 2.67. The number of nitrogens with one attached hydrogen (secondary N) is 1. The highest BCUT2D eigenvalue weighted by Crippen LogP contribution is 2.17. The molecular weight excluding hydrogens is 148 g/mol. The predicted octanol–water partition coefficient (Wildman–Crippen LogP) is 2.59. The Morgan fingerprint density at radius 2 is 2.25 bits per heavy atom. The van der Waals surface area contributed by atoms with Gasteiger partial charge in [0.15, 0.2) is 0 Å². The van der Waals surface area contributed by atoms with Gasteiger partial charge in [0.05, 0.1) is 0 Å². The zero-order valence-electron chi connectivity index (χ0n) is 6.54. The van der Waals surface area contributed by atoms with Gasteiger partial charge in [-0.3, -0.25) is 0 Å². The molecule has 0 fully saturated rings. The lowest BCUT2D eigenvalue weighted by Gasteiger charge is -1.93. The van der Waals surface area contributed by atoms with Crippen molar-refractivity contribution < 1.29 is 0 Å². The molecule has 2 aromatic rings. The van der Waals surface area contributed by atoms with Gasteiger partial charge in [0, 0.05) is 22.7 Å². The van der Waals surface area contributed by atoms with Crippen LogP contribution in [0.3, 0.4) is 0 Å². The summed E-state index contributed by atoms with van der Waals surface area (Å²) in [7, 11) is 0. The van der Waals surface area contributed by atoms with Crippen molar-refractivity contribution in [2.24, 2.45) is 0 Å². The van der Waals surface area contributed by atoms with Crippen LogP contribution in [0.25, 0.3) is 15.7 Å². The Morgan fingerprint density at radius 1 is 1.33 bits per heavy atom. The highest BCUT2D eigenvalue weighted by Gasteiger charge is 2.01. The number of aromatic nitrogens is 1. The van der Waals surface area contributed by atoms with Gasteiger partial charge in [0.1, 0.15) is 0 Å². The Hall–Kier alpha value is -1.75. The Kier molecular flexibility index (Phi) is 1.56. The molecular formula is C10H8N2. The van der Waals surface area contributed by atoms with E-state index in [1.54, 1.807) is 0 Å². The maximum absolute atomic E-state index is 6.78. The monoisotopic (exact) mass is 156 g/mol. The summed E-state index contributed by atoms with van der Waals surface area (Å²) in [5, 5.41) is 1.16. The topological polar surface area (TPSA) is 20.1 Å². The van der Waals surface area contributed by atoms with Crippen molar-refractivity contribution in [2.75, 3.05) is 0 Å². The molecule has 1 aromatic heterocycles. The second-order valence-electron chi connectivity index (χ2n) is 2.67. The van der Waals surface area contributed by atoms with Crippen molar-refractivity contribution in [1.29, 1.82) is 0 Å². The summed E-state index contributed by atoms with van der Waals surface area (Å²) in [6.07, 6.45) is 1.90. The minimum absolute atomic E-state index is 0.467. The summed E-state index contributed by atoms with van der Waals surface area (Å²) in [6.45, 7) is 7.25. The van der Waals surface area contributed by atoms with Gasteiger partial charge in [-0.15, -0.1) is 0 Å². The number of H-pyrrole nitrogens is 1. The molecule has 2 rings (SSSR count). The van der Waals surface area contributed by atoms with Crippen LogP contribution in [0, 0.1) is 6.57 Å². The summed E-state index contributed by atoms with van der Waals surface area (Å²) in [5.74, 6) is 0. The molecule has 0 spiro atoms. The number of fused-ring (bicyclic) bond motifs is 1. The Labute approximate surface area is 70.7 Å². The molecule has 0 atom stereocenters. The van der Waals surface area contributed by atoms with E-state index >= 15 is 0 Å². The second kappa shape index (κ2) is 2.71. The number of benzene rings is 1. The first-order chi connectivity index (χ1) is 5.92. The lowest BCUT2D eigenvalue weighted by Crippen LogP contribution is -1.79. The fourth-order valence-corrected chi connectivity index (χ4v) is 1.37. The number of hydrogen-bond donors (Lipinski definition) is 1. The SMILES string of the molecule is [C-]#[N+]Cc1cccc2[nH]ccc12. The lowest BCUT2D eigenvalue weighted by molar-refractivity contribution is 1.30. The predicted molar refractivity (Wildman–Crippen MR) is 48.6 cm³/mol. The first kappa shape index (κ1) is 6.93. The molecule has 58 valence electrons. The highest BCUT2D eigenvalue weighted by molar-refractivity contribution is 5.82. The summed E-state index contributed by atoms with van der Waals surface area (Å²) < 4.78 is 0. The third kappa shape index (κ3) is 0.960. The van der Waals surface area contributed by atoms with E-state index < -0.39 is 0 Å².